The zero-order valence-electron chi connectivity index (χ0n) is 8.08. The lowest BCUT2D eigenvalue weighted by Crippen LogP contribution is -2.20. The normalized spacial score (nSPS) is 11.3. The summed E-state index contributed by atoms with van der Waals surface area (Å²) in [5, 5.41) is 8.53. The number of pyridine rings is 1. The molecular formula is C8H6F3IN2O3. The molecule has 1 aromatic heterocycles. The molecule has 0 unspecified atom stereocenters. The van der Waals surface area contributed by atoms with Crippen molar-refractivity contribution in [3.05, 3.63) is 15.5 Å². The van der Waals surface area contributed by atoms with E-state index < -0.39 is 24.5 Å². The minimum absolute atomic E-state index is 0.246. The predicted octanol–water partition coefficient (Wildman–Crippen LogP) is 1.79. The standard InChI is InChI=1S/C8H6F3IN2O3/c9-8(10,11)17-7-4(1-5(15)16)14-2-3(12)6(7)13/h2H,1H2,(H2,13,14)(H,15,16). The second-order valence-electron chi connectivity index (χ2n) is 2.91. The number of alkyl halides is 3. The maximum Gasteiger partial charge on any atom is 0.573 e. The molecule has 5 nitrogen and oxygen atoms in total. The van der Waals surface area contributed by atoms with Crippen molar-refractivity contribution in [2.75, 3.05) is 5.73 Å². The van der Waals surface area contributed by atoms with Gasteiger partial charge in [-0.1, -0.05) is 0 Å². The highest BCUT2D eigenvalue weighted by Crippen LogP contribution is 2.33. The minimum Gasteiger partial charge on any atom is -0.481 e. The van der Waals surface area contributed by atoms with Crippen LogP contribution in [0.2, 0.25) is 0 Å². The average molecular weight is 362 g/mol. The number of aliphatic carboxylic acids is 1. The van der Waals surface area contributed by atoms with E-state index in [1.807, 2.05) is 0 Å². The van der Waals surface area contributed by atoms with Gasteiger partial charge in [-0.3, -0.25) is 9.78 Å². The third kappa shape index (κ3) is 3.91. The number of ether oxygens (including phenoxy) is 1. The molecule has 0 fully saturated rings. The van der Waals surface area contributed by atoms with E-state index in [1.54, 1.807) is 22.6 Å². The van der Waals surface area contributed by atoms with Crippen molar-refractivity contribution in [2.24, 2.45) is 0 Å². The number of carboxylic acids is 1. The molecule has 17 heavy (non-hydrogen) atoms. The van der Waals surface area contributed by atoms with Crippen molar-refractivity contribution in [2.45, 2.75) is 12.8 Å². The van der Waals surface area contributed by atoms with Gasteiger partial charge in [0, 0.05) is 6.20 Å². The molecule has 1 heterocycles. The van der Waals surface area contributed by atoms with Gasteiger partial charge in [0.05, 0.1) is 21.4 Å². The van der Waals surface area contributed by atoms with Gasteiger partial charge in [0.15, 0.2) is 5.75 Å². The molecule has 0 saturated heterocycles. The molecule has 3 N–H and O–H groups in total. The third-order valence-corrected chi connectivity index (χ3v) is 2.49. The van der Waals surface area contributed by atoms with E-state index >= 15 is 0 Å². The Labute approximate surface area is 107 Å². The summed E-state index contributed by atoms with van der Waals surface area (Å²) in [6.07, 6.45) is -4.47. The second kappa shape index (κ2) is 4.94. The van der Waals surface area contributed by atoms with Crippen LogP contribution in [-0.2, 0) is 11.2 Å². The highest BCUT2D eigenvalue weighted by atomic mass is 127. The molecule has 0 aliphatic rings. The molecule has 0 aliphatic carbocycles. The molecule has 0 radical (unpaired) electrons. The minimum atomic E-state index is -4.95. The van der Waals surface area contributed by atoms with Crippen LogP contribution in [0.3, 0.4) is 0 Å². The van der Waals surface area contributed by atoms with Crippen LogP contribution in [0.4, 0.5) is 18.9 Å². The summed E-state index contributed by atoms with van der Waals surface area (Å²) in [6.45, 7) is 0. The first-order valence-corrected chi connectivity index (χ1v) is 5.19. The fraction of sp³-hybridized carbons (Fsp3) is 0.250. The summed E-state index contributed by atoms with van der Waals surface area (Å²) >= 11 is 1.67. The fourth-order valence-corrected chi connectivity index (χ4v) is 1.41. The van der Waals surface area contributed by atoms with E-state index in [4.69, 9.17) is 10.8 Å². The van der Waals surface area contributed by atoms with Gasteiger partial charge < -0.3 is 15.6 Å². The van der Waals surface area contributed by atoms with Crippen molar-refractivity contribution in [1.82, 2.24) is 4.98 Å². The van der Waals surface area contributed by atoms with Crippen molar-refractivity contribution in [3.8, 4) is 5.75 Å². The number of nitrogen functional groups attached to an aromatic ring is 1. The smallest absolute Gasteiger partial charge is 0.481 e. The number of nitrogens with zero attached hydrogens (tertiary/aromatic N) is 1. The number of carbonyl (C=O) groups is 1. The summed E-state index contributed by atoms with van der Waals surface area (Å²) < 4.78 is 40.3. The van der Waals surface area contributed by atoms with Crippen LogP contribution in [0, 0.1) is 3.57 Å². The van der Waals surface area contributed by atoms with Crippen molar-refractivity contribution >= 4 is 34.2 Å². The Morgan fingerprint density at radius 2 is 2.18 bits per heavy atom. The Morgan fingerprint density at radius 1 is 1.59 bits per heavy atom. The predicted molar refractivity (Wildman–Crippen MR) is 59.4 cm³/mol. The van der Waals surface area contributed by atoms with Crippen LogP contribution in [0.25, 0.3) is 0 Å². The molecule has 0 aromatic carbocycles. The molecule has 0 amide bonds. The van der Waals surface area contributed by atoms with E-state index in [0.29, 0.717) is 0 Å². The van der Waals surface area contributed by atoms with E-state index in [2.05, 4.69) is 9.72 Å². The first kappa shape index (κ1) is 13.8. The van der Waals surface area contributed by atoms with Crippen LogP contribution in [-0.4, -0.2) is 22.4 Å². The molecule has 1 aromatic rings. The van der Waals surface area contributed by atoms with Crippen molar-refractivity contribution < 1.29 is 27.8 Å². The van der Waals surface area contributed by atoms with E-state index in [1.165, 1.54) is 6.20 Å². The van der Waals surface area contributed by atoms with Gasteiger partial charge in [0.25, 0.3) is 0 Å². The number of hydrogen-bond donors (Lipinski definition) is 2. The second-order valence-corrected chi connectivity index (χ2v) is 4.08. The monoisotopic (exact) mass is 362 g/mol. The summed E-state index contributed by atoms with van der Waals surface area (Å²) in [5.41, 5.74) is 4.75. The highest BCUT2D eigenvalue weighted by molar-refractivity contribution is 14.1. The molecular weight excluding hydrogens is 356 g/mol. The number of rotatable bonds is 3. The van der Waals surface area contributed by atoms with Gasteiger partial charge in [0.1, 0.15) is 0 Å². The summed E-state index contributed by atoms with van der Waals surface area (Å²) in [7, 11) is 0. The molecule has 94 valence electrons. The van der Waals surface area contributed by atoms with E-state index in [0.717, 1.165) is 0 Å². The zero-order chi connectivity index (χ0) is 13.2. The lowest BCUT2D eigenvalue weighted by molar-refractivity contribution is -0.274. The molecule has 0 aliphatic heterocycles. The van der Waals surface area contributed by atoms with E-state index in [-0.39, 0.29) is 15.0 Å². The Bertz CT molecular complexity index is 450. The molecule has 0 atom stereocenters. The quantitative estimate of drug-likeness (QED) is 0.801. The van der Waals surface area contributed by atoms with Gasteiger partial charge in [-0.15, -0.1) is 13.2 Å². The summed E-state index contributed by atoms with van der Waals surface area (Å²) in [6, 6.07) is 0. The maximum absolute atomic E-state index is 12.1. The number of anilines is 1. The molecule has 0 spiro atoms. The van der Waals surface area contributed by atoms with Crippen LogP contribution < -0.4 is 10.5 Å². The average Bonchev–Trinajstić information content (AvgIpc) is 2.15. The van der Waals surface area contributed by atoms with E-state index in [9.17, 15) is 18.0 Å². The first-order valence-electron chi connectivity index (χ1n) is 4.11. The molecule has 9 heteroatoms. The maximum atomic E-state index is 12.1. The Balaban J connectivity index is 3.21. The van der Waals surface area contributed by atoms with Gasteiger partial charge in [-0.25, -0.2) is 0 Å². The van der Waals surface area contributed by atoms with Gasteiger partial charge in [-0.2, -0.15) is 0 Å². The highest BCUT2D eigenvalue weighted by Gasteiger charge is 2.34. The lowest BCUT2D eigenvalue weighted by atomic mass is 10.2. The Kier molecular flexibility index (Phi) is 4.01. The van der Waals surface area contributed by atoms with Crippen LogP contribution in [0.5, 0.6) is 5.75 Å². The molecule has 1 rings (SSSR count). The summed E-state index contributed by atoms with van der Waals surface area (Å²) in [4.78, 5) is 14.0. The lowest BCUT2D eigenvalue weighted by Gasteiger charge is -2.14. The Hall–Kier alpha value is -1.26. The summed E-state index contributed by atoms with van der Waals surface area (Å²) in [5.74, 6) is -2.09. The third-order valence-electron chi connectivity index (χ3n) is 1.63. The zero-order valence-corrected chi connectivity index (χ0v) is 10.2. The van der Waals surface area contributed by atoms with Crippen LogP contribution in [0.1, 0.15) is 5.69 Å². The largest absolute Gasteiger partial charge is 0.573 e. The first-order chi connectivity index (χ1) is 7.70. The van der Waals surface area contributed by atoms with Gasteiger partial charge in [-0.05, 0) is 22.6 Å². The number of carboxylic acid groups (broad SMARTS) is 1. The van der Waals surface area contributed by atoms with Gasteiger partial charge >= 0.3 is 12.3 Å². The molecule has 0 bridgehead atoms. The van der Waals surface area contributed by atoms with Gasteiger partial charge in [0.2, 0.25) is 0 Å². The SMILES string of the molecule is Nc1c(I)cnc(CC(=O)O)c1OC(F)(F)F. The number of halogens is 4. The molecule has 0 saturated carbocycles. The van der Waals surface area contributed by atoms with Crippen LogP contribution in [0.15, 0.2) is 6.20 Å². The number of nitrogens with two attached hydrogens (primary N) is 1. The topological polar surface area (TPSA) is 85.4 Å². The Morgan fingerprint density at radius 3 is 2.65 bits per heavy atom. The van der Waals surface area contributed by atoms with Crippen molar-refractivity contribution in [3.63, 3.8) is 0 Å². The fourth-order valence-electron chi connectivity index (χ4n) is 1.03. The number of hydrogen-bond acceptors (Lipinski definition) is 4. The van der Waals surface area contributed by atoms with Crippen molar-refractivity contribution in [1.29, 1.82) is 0 Å². The van der Waals surface area contributed by atoms with Crippen LogP contribution >= 0.6 is 22.6 Å². The number of aromatic nitrogens is 1.